The Balaban J connectivity index is 2.79. The Hall–Kier alpha value is -1.12. The maximum atomic E-state index is 10.9. The van der Waals surface area contributed by atoms with Crippen molar-refractivity contribution >= 4 is 11.8 Å². The third-order valence-corrected chi connectivity index (χ3v) is 1.62. The molecule has 0 radical (unpaired) electrons. The fraction of sp³-hybridized carbons (Fsp3) is 0.429. The van der Waals surface area contributed by atoms with E-state index in [1.165, 1.54) is 7.05 Å². The van der Waals surface area contributed by atoms with Crippen LogP contribution in [0.1, 0.15) is 12.8 Å². The van der Waals surface area contributed by atoms with Crippen LogP contribution in [0.15, 0.2) is 12.2 Å². The van der Waals surface area contributed by atoms with Crippen molar-refractivity contribution in [2.24, 2.45) is 0 Å². The molecule has 0 saturated carbocycles. The number of imide groups is 1. The van der Waals surface area contributed by atoms with E-state index in [1.807, 2.05) is 0 Å². The van der Waals surface area contributed by atoms with Crippen LogP contribution in [0.5, 0.6) is 0 Å². The fourth-order valence-electron chi connectivity index (χ4n) is 0.883. The molecular formula is C7H9NO2. The van der Waals surface area contributed by atoms with Crippen LogP contribution in [0.2, 0.25) is 0 Å². The van der Waals surface area contributed by atoms with Crippen LogP contribution in [0.3, 0.4) is 0 Å². The Morgan fingerprint density at radius 2 is 2.00 bits per heavy atom. The van der Waals surface area contributed by atoms with E-state index in [2.05, 4.69) is 6.58 Å². The summed E-state index contributed by atoms with van der Waals surface area (Å²) in [5.74, 6) is -0.353. The lowest BCUT2D eigenvalue weighted by molar-refractivity contribution is -0.142. The van der Waals surface area contributed by atoms with Gasteiger partial charge in [0.2, 0.25) is 5.91 Å². The number of hydrogen-bond acceptors (Lipinski definition) is 2. The quantitative estimate of drug-likeness (QED) is 0.358. The summed E-state index contributed by atoms with van der Waals surface area (Å²) in [6, 6.07) is 0. The predicted octanol–water partition coefficient (Wildman–Crippen LogP) is 0.321. The zero-order valence-corrected chi connectivity index (χ0v) is 5.89. The first-order valence-corrected chi connectivity index (χ1v) is 3.11. The second-order valence-corrected chi connectivity index (χ2v) is 2.36. The number of likely N-dealkylation sites (N-methyl/N-ethyl adjacent to an activating group) is 1. The highest BCUT2D eigenvalue weighted by molar-refractivity contribution is 6.06. The molecule has 1 aliphatic heterocycles. The lowest BCUT2D eigenvalue weighted by Gasteiger charge is -2.21. The summed E-state index contributed by atoms with van der Waals surface area (Å²) >= 11 is 0. The number of likely N-dealkylation sites (tertiary alicyclic amines) is 1. The van der Waals surface area contributed by atoms with Gasteiger partial charge in [-0.05, 0) is 6.42 Å². The minimum Gasteiger partial charge on any atom is -0.282 e. The molecule has 0 aromatic carbocycles. The van der Waals surface area contributed by atoms with Crippen molar-refractivity contribution in [2.75, 3.05) is 7.05 Å². The summed E-state index contributed by atoms with van der Waals surface area (Å²) < 4.78 is 0. The third kappa shape index (κ3) is 0.943. The second-order valence-electron chi connectivity index (χ2n) is 2.36. The molecule has 0 spiro atoms. The Bertz CT molecular complexity index is 208. The van der Waals surface area contributed by atoms with E-state index in [9.17, 15) is 9.59 Å². The van der Waals surface area contributed by atoms with Gasteiger partial charge in [0.1, 0.15) is 0 Å². The third-order valence-electron chi connectivity index (χ3n) is 1.62. The number of nitrogens with zero attached hydrogens (tertiary/aromatic N) is 1. The van der Waals surface area contributed by atoms with Gasteiger partial charge in [0.25, 0.3) is 5.91 Å². The Morgan fingerprint density at radius 3 is 2.50 bits per heavy atom. The SMILES string of the molecule is C=C1CCC(=O)N(C)C1=O. The number of carbonyl (C=O) groups excluding carboxylic acids is 2. The van der Waals surface area contributed by atoms with Gasteiger partial charge >= 0.3 is 0 Å². The van der Waals surface area contributed by atoms with Gasteiger partial charge in [-0.15, -0.1) is 0 Å². The van der Waals surface area contributed by atoms with Gasteiger partial charge in [0, 0.05) is 19.0 Å². The van der Waals surface area contributed by atoms with Crippen molar-refractivity contribution in [3.05, 3.63) is 12.2 Å². The van der Waals surface area contributed by atoms with Gasteiger partial charge in [-0.25, -0.2) is 0 Å². The molecule has 0 atom stereocenters. The van der Waals surface area contributed by atoms with E-state index in [-0.39, 0.29) is 11.8 Å². The molecule has 10 heavy (non-hydrogen) atoms. The molecule has 3 nitrogen and oxygen atoms in total. The fourth-order valence-corrected chi connectivity index (χ4v) is 0.883. The molecule has 0 aromatic heterocycles. The first-order valence-electron chi connectivity index (χ1n) is 3.11. The van der Waals surface area contributed by atoms with Gasteiger partial charge in [-0.3, -0.25) is 14.5 Å². The predicted molar refractivity (Wildman–Crippen MR) is 36.2 cm³/mol. The first kappa shape index (κ1) is 6.99. The normalized spacial score (nSPS) is 20.1. The Kier molecular flexibility index (Phi) is 1.57. The van der Waals surface area contributed by atoms with Gasteiger partial charge in [-0.2, -0.15) is 0 Å². The molecule has 0 unspecified atom stereocenters. The average molecular weight is 139 g/mol. The molecule has 2 amide bonds. The van der Waals surface area contributed by atoms with Crippen molar-refractivity contribution < 1.29 is 9.59 Å². The zero-order chi connectivity index (χ0) is 7.72. The minimum absolute atomic E-state index is 0.114. The number of rotatable bonds is 0. The monoisotopic (exact) mass is 139 g/mol. The lowest BCUT2D eigenvalue weighted by Crippen LogP contribution is -2.37. The van der Waals surface area contributed by atoms with E-state index in [4.69, 9.17) is 0 Å². The van der Waals surface area contributed by atoms with Crippen LogP contribution in [0.4, 0.5) is 0 Å². The Labute approximate surface area is 59.3 Å². The molecule has 3 heteroatoms. The summed E-state index contributed by atoms with van der Waals surface area (Å²) in [6.45, 7) is 3.54. The van der Waals surface area contributed by atoms with Crippen LogP contribution in [0.25, 0.3) is 0 Å². The Morgan fingerprint density at radius 1 is 1.40 bits per heavy atom. The lowest BCUT2D eigenvalue weighted by atomic mass is 10.1. The summed E-state index contributed by atoms with van der Waals surface area (Å²) in [6.07, 6.45) is 0.934. The van der Waals surface area contributed by atoms with Crippen molar-refractivity contribution in [3.8, 4) is 0 Å². The van der Waals surface area contributed by atoms with E-state index < -0.39 is 0 Å². The van der Waals surface area contributed by atoms with Crippen LogP contribution in [-0.2, 0) is 9.59 Å². The number of hydrogen-bond donors (Lipinski definition) is 0. The standard InChI is InChI=1S/C7H9NO2/c1-5-3-4-6(9)8(2)7(5)10/h1,3-4H2,2H3. The van der Waals surface area contributed by atoms with Crippen molar-refractivity contribution in [1.29, 1.82) is 0 Å². The molecule has 1 fully saturated rings. The average Bonchev–Trinajstić information content (AvgIpc) is 1.93. The van der Waals surface area contributed by atoms with E-state index in [0.29, 0.717) is 18.4 Å². The number of amides is 2. The summed E-state index contributed by atoms with van der Waals surface area (Å²) in [5.41, 5.74) is 0.530. The number of carbonyl (C=O) groups is 2. The molecule has 1 heterocycles. The van der Waals surface area contributed by atoms with Crippen LogP contribution in [-0.4, -0.2) is 23.8 Å². The minimum atomic E-state index is -0.240. The molecule has 0 N–H and O–H groups in total. The highest BCUT2D eigenvalue weighted by atomic mass is 16.2. The molecular weight excluding hydrogens is 130 g/mol. The van der Waals surface area contributed by atoms with Crippen LogP contribution in [0, 0.1) is 0 Å². The topological polar surface area (TPSA) is 37.4 Å². The van der Waals surface area contributed by atoms with Gasteiger partial charge in [0.15, 0.2) is 0 Å². The van der Waals surface area contributed by atoms with Gasteiger partial charge in [-0.1, -0.05) is 6.58 Å². The van der Waals surface area contributed by atoms with Crippen molar-refractivity contribution in [3.63, 3.8) is 0 Å². The summed E-state index contributed by atoms with van der Waals surface area (Å²) in [4.78, 5) is 22.9. The van der Waals surface area contributed by atoms with E-state index >= 15 is 0 Å². The smallest absolute Gasteiger partial charge is 0.255 e. The van der Waals surface area contributed by atoms with Crippen LogP contribution >= 0.6 is 0 Å². The van der Waals surface area contributed by atoms with E-state index in [0.717, 1.165) is 4.90 Å². The molecule has 1 rings (SSSR count). The van der Waals surface area contributed by atoms with Crippen molar-refractivity contribution in [2.45, 2.75) is 12.8 Å². The zero-order valence-electron chi connectivity index (χ0n) is 5.89. The maximum absolute atomic E-state index is 10.9. The molecule has 1 saturated heterocycles. The highest BCUT2D eigenvalue weighted by Gasteiger charge is 2.24. The van der Waals surface area contributed by atoms with Gasteiger partial charge < -0.3 is 0 Å². The van der Waals surface area contributed by atoms with E-state index in [1.54, 1.807) is 0 Å². The summed E-state index contributed by atoms with van der Waals surface area (Å²) in [5, 5.41) is 0. The highest BCUT2D eigenvalue weighted by Crippen LogP contribution is 2.13. The summed E-state index contributed by atoms with van der Waals surface area (Å²) in [7, 11) is 1.48. The number of piperidine rings is 1. The first-order chi connectivity index (χ1) is 4.63. The van der Waals surface area contributed by atoms with Gasteiger partial charge in [0.05, 0.1) is 0 Å². The molecule has 0 aromatic rings. The van der Waals surface area contributed by atoms with Crippen molar-refractivity contribution in [1.82, 2.24) is 4.90 Å². The molecule has 54 valence electrons. The second kappa shape index (κ2) is 2.25. The molecule has 1 aliphatic rings. The largest absolute Gasteiger partial charge is 0.282 e. The molecule has 0 bridgehead atoms. The maximum Gasteiger partial charge on any atom is 0.255 e. The molecule has 0 aliphatic carbocycles. The van der Waals surface area contributed by atoms with Crippen LogP contribution < -0.4 is 0 Å².